The summed E-state index contributed by atoms with van der Waals surface area (Å²) in [4.78, 5) is 4.53. The third-order valence-corrected chi connectivity index (χ3v) is 2.09. The number of hydrazine groups is 1. The SMILES string of the molecule is Cc1cccc(CC(=NC(C)(C)C)NN)c1. The first-order valence-corrected chi connectivity index (χ1v) is 5.51. The number of hydrogen-bond acceptors (Lipinski definition) is 2. The normalized spacial score (nSPS) is 12.7. The van der Waals surface area contributed by atoms with Gasteiger partial charge in [-0.1, -0.05) is 29.8 Å². The highest BCUT2D eigenvalue weighted by Crippen LogP contribution is 2.09. The molecule has 3 heteroatoms. The predicted molar refractivity (Wildman–Crippen MR) is 69.4 cm³/mol. The van der Waals surface area contributed by atoms with Crippen LogP contribution in [0.2, 0.25) is 0 Å². The molecule has 3 nitrogen and oxygen atoms in total. The van der Waals surface area contributed by atoms with Gasteiger partial charge in [-0.3, -0.25) is 4.99 Å². The van der Waals surface area contributed by atoms with Gasteiger partial charge in [-0.2, -0.15) is 0 Å². The van der Waals surface area contributed by atoms with Crippen molar-refractivity contribution in [2.24, 2.45) is 10.8 Å². The fourth-order valence-electron chi connectivity index (χ4n) is 1.54. The van der Waals surface area contributed by atoms with Crippen LogP contribution in [0.25, 0.3) is 0 Å². The van der Waals surface area contributed by atoms with Crippen molar-refractivity contribution in [2.75, 3.05) is 0 Å². The molecule has 1 rings (SSSR count). The third kappa shape index (κ3) is 4.45. The molecule has 0 aliphatic heterocycles. The van der Waals surface area contributed by atoms with Gasteiger partial charge in [-0.25, -0.2) is 5.84 Å². The number of aliphatic imine (C=N–C) groups is 1. The number of amidine groups is 1. The molecule has 1 aromatic carbocycles. The Labute approximate surface area is 97.7 Å². The van der Waals surface area contributed by atoms with Crippen LogP contribution in [-0.4, -0.2) is 11.4 Å². The lowest BCUT2D eigenvalue weighted by molar-refractivity contribution is 0.578. The predicted octanol–water partition coefficient (Wildman–Crippen LogP) is 2.20. The summed E-state index contributed by atoms with van der Waals surface area (Å²) in [5.41, 5.74) is 5.05. The van der Waals surface area contributed by atoms with Crippen molar-refractivity contribution < 1.29 is 0 Å². The maximum Gasteiger partial charge on any atom is 0.115 e. The summed E-state index contributed by atoms with van der Waals surface area (Å²) >= 11 is 0. The Bertz CT molecular complexity index is 375. The van der Waals surface area contributed by atoms with Crippen LogP contribution in [-0.2, 0) is 6.42 Å². The third-order valence-electron chi connectivity index (χ3n) is 2.09. The van der Waals surface area contributed by atoms with E-state index in [1.54, 1.807) is 0 Å². The van der Waals surface area contributed by atoms with Crippen molar-refractivity contribution in [2.45, 2.75) is 39.7 Å². The van der Waals surface area contributed by atoms with Crippen LogP contribution < -0.4 is 11.3 Å². The summed E-state index contributed by atoms with van der Waals surface area (Å²) in [5.74, 6) is 6.30. The van der Waals surface area contributed by atoms with Crippen molar-refractivity contribution in [3.8, 4) is 0 Å². The highest BCUT2D eigenvalue weighted by Gasteiger charge is 2.09. The summed E-state index contributed by atoms with van der Waals surface area (Å²) in [6.45, 7) is 8.25. The lowest BCUT2D eigenvalue weighted by Crippen LogP contribution is -2.34. The summed E-state index contributed by atoms with van der Waals surface area (Å²) < 4.78 is 0. The largest absolute Gasteiger partial charge is 0.312 e. The first-order chi connectivity index (χ1) is 7.40. The highest BCUT2D eigenvalue weighted by atomic mass is 15.3. The van der Waals surface area contributed by atoms with E-state index >= 15 is 0 Å². The number of hydrogen-bond donors (Lipinski definition) is 2. The number of nitrogens with zero attached hydrogens (tertiary/aromatic N) is 1. The number of rotatable bonds is 2. The second kappa shape index (κ2) is 5.12. The Morgan fingerprint density at radius 1 is 1.38 bits per heavy atom. The quantitative estimate of drug-likeness (QED) is 0.347. The lowest BCUT2D eigenvalue weighted by Gasteiger charge is -2.15. The van der Waals surface area contributed by atoms with Crippen molar-refractivity contribution in [1.82, 2.24) is 5.43 Å². The second-order valence-corrected chi connectivity index (χ2v) is 5.04. The number of benzene rings is 1. The summed E-state index contributed by atoms with van der Waals surface area (Å²) in [7, 11) is 0. The van der Waals surface area contributed by atoms with Crippen LogP contribution in [0, 0.1) is 6.92 Å². The molecule has 0 bridgehead atoms. The fraction of sp³-hybridized carbons (Fsp3) is 0.462. The summed E-state index contributed by atoms with van der Waals surface area (Å²) in [5, 5.41) is 0. The molecule has 16 heavy (non-hydrogen) atoms. The topological polar surface area (TPSA) is 50.4 Å². The number of aryl methyl sites for hydroxylation is 1. The molecule has 0 unspecified atom stereocenters. The molecule has 0 radical (unpaired) electrons. The summed E-state index contributed by atoms with van der Waals surface area (Å²) in [6.07, 6.45) is 0.745. The Balaban J connectivity index is 2.82. The van der Waals surface area contributed by atoms with E-state index in [1.807, 2.05) is 0 Å². The Kier molecular flexibility index (Phi) is 4.07. The van der Waals surface area contributed by atoms with Gasteiger partial charge in [0.25, 0.3) is 0 Å². The second-order valence-electron chi connectivity index (χ2n) is 5.04. The maximum atomic E-state index is 5.49. The average molecular weight is 219 g/mol. The van der Waals surface area contributed by atoms with Crippen LogP contribution in [0.4, 0.5) is 0 Å². The zero-order chi connectivity index (χ0) is 12.2. The van der Waals surface area contributed by atoms with E-state index in [0.29, 0.717) is 0 Å². The molecule has 0 aliphatic carbocycles. The maximum absolute atomic E-state index is 5.49. The molecule has 0 amide bonds. The minimum Gasteiger partial charge on any atom is -0.312 e. The van der Waals surface area contributed by atoms with Crippen molar-refractivity contribution in [1.29, 1.82) is 0 Å². The zero-order valence-corrected chi connectivity index (χ0v) is 10.5. The van der Waals surface area contributed by atoms with E-state index in [0.717, 1.165) is 12.3 Å². The first kappa shape index (κ1) is 12.7. The van der Waals surface area contributed by atoms with Crippen molar-refractivity contribution >= 4 is 5.84 Å². The van der Waals surface area contributed by atoms with Gasteiger partial charge in [0, 0.05) is 6.42 Å². The van der Waals surface area contributed by atoms with E-state index in [9.17, 15) is 0 Å². The molecule has 0 heterocycles. The van der Waals surface area contributed by atoms with Gasteiger partial charge in [-0.05, 0) is 33.3 Å². The molecule has 0 aromatic heterocycles. The van der Waals surface area contributed by atoms with Gasteiger partial charge in [0.15, 0.2) is 0 Å². The van der Waals surface area contributed by atoms with Gasteiger partial charge in [0.1, 0.15) is 5.84 Å². The molecule has 1 aromatic rings. The van der Waals surface area contributed by atoms with E-state index in [1.165, 1.54) is 11.1 Å². The standard InChI is InChI=1S/C13H21N3/c1-10-6-5-7-11(8-10)9-12(16-14)15-13(2,3)4/h5-8H,9,14H2,1-4H3,(H,15,16). The number of nitrogens with two attached hydrogens (primary N) is 1. The monoisotopic (exact) mass is 219 g/mol. The van der Waals surface area contributed by atoms with E-state index in [2.05, 4.69) is 62.4 Å². The summed E-state index contributed by atoms with van der Waals surface area (Å²) in [6, 6.07) is 8.37. The fourth-order valence-corrected chi connectivity index (χ4v) is 1.54. The minimum absolute atomic E-state index is 0.106. The molecule has 0 saturated heterocycles. The van der Waals surface area contributed by atoms with Crippen LogP contribution in [0.15, 0.2) is 29.3 Å². The molecule has 0 saturated carbocycles. The van der Waals surface area contributed by atoms with Gasteiger partial charge >= 0.3 is 0 Å². The van der Waals surface area contributed by atoms with Crippen LogP contribution in [0.1, 0.15) is 31.9 Å². The van der Waals surface area contributed by atoms with E-state index in [4.69, 9.17) is 5.84 Å². The van der Waals surface area contributed by atoms with Crippen LogP contribution >= 0.6 is 0 Å². The molecule has 3 N–H and O–H groups in total. The van der Waals surface area contributed by atoms with Gasteiger partial charge < -0.3 is 5.43 Å². The van der Waals surface area contributed by atoms with Gasteiger partial charge in [0.2, 0.25) is 0 Å². The smallest absolute Gasteiger partial charge is 0.115 e. The highest BCUT2D eigenvalue weighted by molar-refractivity contribution is 5.84. The molecule has 0 aliphatic rings. The molecular formula is C13H21N3. The average Bonchev–Trinajstić information content (AvgIpc) is 2.14. The van der Waals surface area contributed by atoms with Gasteiger partial charge in [0.05, 0.1) is 5.54 Å². The first-order valence-electron chi connectivity index (χ1n) is 5.51. The molecule has 0 fully saturated rings. The van der Waals surface area contributed by atoms with E-state index < -0.39 is 0 Å². The van der Waals surface area contributed by atoms with Gasteiger partial charge in [-0.15, -0.1) is 0 Å². The zero-order valence-electron chi connectivity index (χ0n) is 10.5. The molecule has 0 spiro atoms. The Hall–Kier alpha value is -1.35. The molecule has 88 valence electrons. The molecular weight excluding hydrogens is 198 g/mol. The number of nitrogens with one attached hydrogen (secondary N) is 1. The Morgan fingerprint density at radius 2 is 2.06 bits per heavy atom. The van der Waals surface area contributed by atoms with E-state index in [-0.39, 0.29) is 5.54 Å². The van der Waals surface area contributed by atoms with Crippen molar-refractivity contribution in [3.05, 3.63) is 35.4 Å². The molecule has 0 atom stereocenters. The van der Waals surface area contributed by atoms with Crippen LogP contribution in [0.3, 0.4) is 0 Å². The Morgan fingerprint density at radius 3 is 2.56 bits per heavy atom. The lowest BCUT2D eigenvalue weighted by atomic mass is 10.1. The van der Waals surface area contributed by atoms with Crippen LogP contribution in [0.5, 0.6) is 0 Å². The minimum atomic E-state index is -0.106. The van der Waals surface area contributed by atoms with Crippen molar-refractivity contribution in [3.63, 3.8) is 0 Å².